The van der Waals surface area contributed by atoms with E-state index in [0.717, 1.165) is 35.1 Å². The molecule has 4 rings (SSSR count). The minimum absolute atomic E-state index is 0.0212. The van der Waals surface area contributed by atoms with Gasteiger partial charge >= 0.3 is 12.1 Å². The Kier molecular flexibility index (Phi) is 7.17. The maximum atomic E-state index is 12.6. The van der Waals surface area contributed by atoms with E-state index in [4.69, 9.17) is 11.2 Å². The van der Waals surface area contributed by atoms with E-state index in [1.54, 1.807) is 0 Å². The minimum atomic E-state index is -1.16. The van der Waals surface area contributed by atoms with Crippen LogP contribution in [0.5, 0.6) is 0 Å². The van der Waals surface area contributed by atoms with Gasteiger partial charge in [0, 0.05) is 24.3 Å². The fraction of sp³-hybridized carbons (Fsp3) is 0.370. The second-order valence-corrected chi connectivity index (χ2v) is 8.84. The van der Waals surface area contributed by atoms with Crippen molar-refractivity contribution in [2.24, 2.45) is 5.92 Å². The lowest BCUT2D eigenvalue weighted by Crippen LogP contribution is -2.47. The van der Waals surface area contributed by atoms with Crippen LogP contribution in [0.4, 0.5) is 4.79 Å². The molecule has 0 saturated heterocycles. The highest BCUT2D eigenvalue weighted by atomic mass is 16.5. The van der Waals surface area contributed by atoms with Crippen molar-refractivity contribution in [2.45, 2.75) is 50.1 Å². The Morgan fingerprint density at radius 1 is 1.06 bits per heavy atom. The highest BCUT2D eigenvalue weighted by Gasteiger charge is 2.32. The van der Waals surface area contributed by atoms with Gasteiger partial charge in [0.25, 0.3) is 0 Å². The summed E-state index contributed by atoms with van der Waals surface area (Å²) < 4.78 is 5.62. The van der Waals surface area contributed by atoms with Crippen molar-refractivity contribution >= 4 is 18.0 Å². The van der Waals surface area contributed by atoms with Crippen LogP contribution in [0, 0.1) is 18.3 Å². The van der Waals surface area contributed by atoms with Gasteiger partial charge in [-0.25, -0.2) is 9.59 Å². The first kappa shape index (κ1) is 23.4. The zero-order chi connectivity index (χ0) is 24.1. The molecule has 2 amide bonds. The van der Waals surface area contributed by atoms with E-state index in [2.05, 4.69) is 40.8 Å². The monoisotopic (exact) mass is 460 g/mol. The molecule has 0 heterocycles. The summed E-state index contributed by atoms with van der Waals surface area (Å²) in [5.74, 6) is 0.367. The van der Waals surface area contributed by atoms with Crippen molar-refractivity contribution in [2.75, 3.05) is 6.61 Å². The van der Waals surface area contributed by atoms with Crippen LogP contribution in [-0.4, -0.2) is 41.8 Å². The van der Waals surface area contributed by atoms with Crippen LogP contribution in [0.2, 0.25) is 0 Å². The summed E-state index contributed by atoms with van der Waals surface area (Å²) in [7, 11) is 0. The first-order valence-electron chi connectivity index (χ1n) is 11.6. The number of carboxylic acids is 1. The molecule has 0 bridgehead atoms. The number of hydrogen-bond donors (Lipinski definition) is 3. The molecule has 3 atom stereocenters. The number of amides is 2. The van der Waals surface area contributed by atoms with Gasteiger partial charge < -0.3 is 20.5 Å². The van der Waals surface area contributed by atoms with Gasteiger partial charge in [0.1, 0.15) is 12.6 Å². The molecule has 2 aliphatic rings. The van der Waals surface area contributed by atoms with E-state index in [1.165, 1.54) is 0 Å². The standard InChI is InChI=1S/C27H28N2O5/c1-2-8-24(26(31)32)29-25(30)17-9-7-10-18(15-17)28-27(33)34-16-23-21-13-5-3-11-19(21)20-12-4-6-14-22(20)23/h1,3-6,11-14,17-18,23-24H,7-10,15-16H2,(H,28,33)(H,29,30)(H,31,32)/t17-,18-,24?/m1/s1. The Hall–Kier alpha value is -3.79. The van der Waals surface area contributed by atoms with E-state index in [0.29, 0.717) is 12.8 Å². The van der Waals surface area contributed by atoms with Crippen molar-refractivity contribution in [1.29, 1.82) is 0 Å². The van der Waals surface area contributed by atoms with Crippen LogP contribution in [0.15, 0.2) is 48.5 Å². The Morgan fingerprint density at radius 3 is 2.32 bits per heavy atom. The molecule has 3 N–H and O–H groups in total. The normalized spacial score (nSPS) is 19.7. The first-order chi connectivity index (χ1) is 16.5. The van der Waals surface area contributed by atoms with E-state index in [9.17, 15) is 19.5 Å². The molecule has 7 nitrogen and oxygen atoms in total. The maximum Gasteiger partial charge on any atom is 0.407 e. The van der Waals surface area contributed by atoms with Gasteiger partial charge in [0.15, 0.2) is 0 Å². The van der Waals surface area contributed by atoms with Crippen LogP contribution in [0.3, 0.4) is 0 Å². The molecular weight excluding hydrogens is 432 g/mol. The average molecular weight is 461 g/mol. The number of rotatable bonds is 7. The summed E-state index contributed by atoms with van der Waals surface area (Å²) in [5.41, 5.74) is 4.62. The fourth-order valence-electron chi connectivity index (χ4n) is 4.97. The lowest BCUT2D eigenvalue weighted by atomic mass is 9.85. The molecule has 2 aliphatic carbocycles. The van der Waals surface area contributed by atoms with Crippen molar-refractivity contribution in [3.8, 4) is 23.5 Å². The zero-order valence-electron chi connectivity index (χ0n) is 18.8. The lowest BCUT2D eigenvalue weighted by Gasteiger charge is -2.29. The van der Waals surface area contributed by atoms with Crippen LogP contribution >= 0.6 is 0 Å². The second-order valence-electron chi connectivity index (χ2n) is 8.84. The highest BCUT2D eigenvalue weighted by Crippen LogP contribution is 2.44. The van der Waals surface area contributed by atoms with Crippen molar-refractivity contribution in [3.05, 3.63) is 59.7 Å². The maximum absolute atomic E-state index is 12.6. The topological polar surface area (TPSA) is 105 Å². The van der Waals surface area contributed by atoms with Gasteiger partial charge in [-0.05, 0) is 41.5 Å². The van der Waals surface area contributed by atoms with E-state index >= 15 is 0 Å². The Bertz CT molecular complexity index is 1080. The number of carbonyl (C=O) groups excluding carboxylic acids is 2. The molecule has 0 aromatic heterocycles. The predicted octanol–water partition coefficient (Wildman–Crippen LogP) is 3.68. The molecule has 1 saturated carbocycles. The first-order valence-corrected chi connectivity index (χ1v) is 11.6. The number of ether oxygens (including phenoxy) is 1. The van der Waals surface area contributed by atoms with Crippen LogP contribution < -0.4 is 10.6 Å². The quantitative estimate of drug-likeness (QED) is 0.547. The number of alkyl carbamates (subject to hydrolysis) is 1. The number of fused-ring (bicyclic) bond motifs is 3. The van der Waals surface area contributed by atoms with Crippen molar-refractivity contribution in [1.82, 2.24) is 10.6 Å². The van der Waals surface area contributed by atoms with Gasteiger partial charge in [-0.15, -0.1) is 12.3 Å². The summed E-state index contributed by atoms with van der Waals surface area (Å²) in [4.78, 5) is 36.4. The molecule has 2 aromatic carbocycles. The van der Waals surface area contributed by atoms with Gasteiger partial charge in [0.05, 0.1) is 0 Å². The number of benzene rings is 2. The van der Waals surface area contributed by atoms with E-state index < -0.39 is 18.1 Å². The molecule has 1 fully saturated rings. The average Bonchev–Trinajstić information content (AvgIpc) is 3.16. The van der Waals surface area contributed by atoms with Crippen molar-refractivity contribution < 1.29 is 24.2 Å². The molecular formula is C27H28N2O5. The molecule has 176 valence electrons. The molecule has 2 aromatic rings. The lowest BCUT2D eigenvalue weighted by molar-refractivity contribution is -0.142. The minimum Gasteiger partial charge on any atom is -0.480 e. The van der Waals surface area contributed by atoms with Crippen LogP contribution in [0.1, 0.15) is 49.1 Å². The van der Waals surface area contributed by atoms with Crippen molar-refractivity contribution in [3.63, 3.8) is 0 Å². The molecule has 0 radical (unpaired) electrons. The smallest absolute Gasteiger partial charge is 0.407 e. The molecule has 34 heavy (non-hydrogen) atoms. The number of terminal acetylenes is 1. The Labute approximate surface area is 198 Å². The van der Waals surface area contributed by atoms with Crippen LogP contribution in [-0.2, 0) is 14.3 Å². The van der Waals surface area contributed by atoms with E-state index in [1.807, 2.05) is 24.3 Å². The van der Waals surface area contributed by atoms with Crippen LogP contribution in [0.25, 0.3) is 11.1 Å². The Balaban J connectivity index is 1.32. The second kappa shape index (κ2) is 10.4. The molecule has 1 unspecified atom stereocenters. The number of carboxylic acid groups (broad SMARTS) is 1. The van der Waals surface area contributed by atoms with Gasteiger partial charge in [-0.2, -0.15) is 0 Å². The largest absolute Gasteiger partial charge is 0.480 e. The zero-order valence-corrected chi connectivity index (χ0v) is 18.8. The fourth-order valence-corrected chi connectivity index (χ4v) is 4.97. The third-order valence-corrected chi connectivity index (χ3v) is 6.65. The third kappa shape index (κ3) is 5.07. The summed E-state index contributed by atoms with van der Waals surface area (Å²) >= 11 is 0. The third-order valence-electron chi connectivity index (χ3n) is 6.65. The number of carbonyl (C=O) groups is 3. The number of aliphatic carboxylic acids is 1. The number of hydrogen-bond acceptors (Lipinski definition) is 4. The molecule has 7 heteroatoms. The summed E-state index contributed by atoms with van der Waals surface area (Å²) in [6, 6.07) is 15.0. The molecule has 0 aliphatic heterocycles. The summed E-state index contributed by atoms with van der Waals surface area (Å²) in [6.07, 6.45) is 7.17. The van der Waals surface area contributed by atoms with Gasteiger partial charge in [-0.1, -0.05) is 55.0 Å². The molecule has 0 spiro atoms. The van der Waals surface area contributed by atoms with E-state index in [-0.39, 0.29) is 36.8 Å². The highest BCUT2D eigenvalue weighted by molar-refractivity contribution is 5.85. The Morgan fingerprint density at radius 2 is 1.71 bits per heavy atom. The predicted molar refractivity (Wildman–Crippen MR) is 127 cm³/mol. The van der Waals surface area contributed by atoms with Gasteiger partial charge in [-0.3, -0.25) is 4.79 Å². The summed E-state index contributed by atoms with van der Waals surface area (Å²) in [6.45, 7) is 0.225. The number of nitrogens with one attached hydrogen (secondary N) is 2. The SMILES string of the molecule is C#CCC(NC(=O)[C@@H]1CCC[C@@H](NC(=O)OCC2c3ccccc3-c3ccccc32)C1)C(=O)O. The van der Waals surface area contributed by atoms with Gasteiger partial charge in [0.2, 0.25) is 5.91 Å². The summed E-state index contributed by atoms with van der Waals surface area (Å²) in [5, 5.41) is 14.6.